The molecule has 1 aliphatic rings. The van der Waals surface area contributed by atoms with Crippen molar-refractivity contribution >= 4 is 68.5 Å². The van der Waals surface area contributed by atoms with E-state index >= 15 is 0 Å². The van der Waals surface area contributed by atoms with Gasteiger partial charge in [-0.05, 0) is 55.0 Å². The maximum Gasteiger partial charge on any atom is 0.363 e. The number of thiophene rings is 1. The highest BCUT2D eigenvalue weighted by atomic mass is 35.5. The molecular formula is C25H15Cl2NO6S. The first-order chi connectivity index (χ1) is 16.9. The summed E-state index contributed by atoms with van der Waals surface area (Å²) in [5, 5.41) is 1.57. The Bertz CT molecular complexity index is 1520. The molecule has 0 saturated carbocycles. The van der Waals surface area contributed by atoms with Gasteiger partial charge in [0.25, 0.3) is 5.90 Å². The standard InChI is InChI=1S/C25H15Cl2NO6S/c1-2-31-19-11-13(10-16-24(29)34-23(28-16)18-4-3-9-32-18)5-8-17(19)33-25(30)22-21(27)15-7-6-14(26)12-20(15)35-22/h3-12H,2H2,1H3/b16-10+. The van der Waals surface area contributed by atoms with Crippen molar-refractivity contribution in [3.05, 3.63) is 86.7 Å². The van der Waals surface area contributed by atoms with E-state index in [0.29, 0.717) is 33.7 Å². The second kappa shape index (κ2) is 9.58. The van der Waals surface area contributed by atoms with Gasteiger partial charge in [-0.2, -0.15) is 0 Å². The van der Waals surface area contributed by atoms with Crippen molar-refractivity contribution < 1.29 is 28.2 Å². The molecule has 0 atom stereocenters. The molecule has 10 heteroatoms. The van der Waals surface area contributed by atoms with Crippen molar-refractivity contribution in [1.82, 2.24) is 0 Å². The second-order valence-corrected chi connectivity index (χ2v) is 9.09. The molecule has 0 fully saturated rings. The average molecular weight is 528 g/mol. The van der Waals surface area contributed by atoms with Crippen LogP contribution in [0, 0.1) is 0 Å². The van der Waals surface area contributed by atoms with Crippen molar-refractivity contribution in [3.63, 3.8) is 0 Å². The molecule has 0 N–H and O–H groups in total. The van der Waals surface area contributed by atoms with Gasteiger partial charge >= 0.3 is 11.9 Å². The van der Waals surface area contributed by atoms with Gasteiger partial charge in [0.15, 0.2) is 23.0 Å². The summed E-state index contributed by atoms with van der Waals surface area (Å²) >= 11 is 13.7. The maximum atomic E-state index is 12.9. The fourth-order valence-corrected chi connectivity index (χ4v) is 5.02. The molecule has 0 amide bonds. The van der Waals surface area contributed by atoms with Crippen molar-refractivity contribution in [2.24, 2.45) is 4.99 Å². The third-order valence-corrected chi connectivity index (χ3v) is 6.78. The van der Waals surface area contributed by atoms with Crippen LogP contribution in [0.4, 0.5) is 0 Å². The lowest BCUT2D eigenvalue weighted by molar-refractivity contribution is -0.130. The Hall–Kier alpha value is -3.59. The van der Waals surface area contributed by atoms with Crippen LogP contribution in [0.2, 0.25) is 10.0 Å². The largest absolute Gasteiger partial charge is 0.490 e. The predicted octanol–water partition coefficient (Wildman–Crippen LogP) is 6.76. The molecule has 2 aromatic carbocycles. The van der Waals surface area contributed by atoms with E-state index in [-0.39, 0.29) is 22.2 Å². The lowest BCUT2D eigenvalue weighted by atomic mass is 10.1. The molecule has 0 aliphatic carbocycles. The average Bonchev–Trinajstić information content (AvgIpc) is 3.56. The molecule has 4 aromatic rings. The Morgan fingerprint density at radius 1 is 1.14 bits per heavy atom. The number of ether oxygens (including phenoxy) is 3. The van der Waals surface area contributed by atoms with Crippen LogP contribution >= 0.6 is 34.5 Å². The minimum atomic E-state index is -0.619. The number of nitrogens with zero attached hydrogens (tertiary/aromatic N) is 1. The van der Waals surface area contributed by atoms with Crippen LogP contribution in [-0.4, -0.2) is 24.4 Å². The molecule has 5 rings (SSSR count). The molecule has 35 heavy (non-hydrogen) atoms. The lowest BCUT2D eigenvalue weighted by Crippen LogP contribution is -2.08. The number of carbonyl (C=O) groups is 2. The number of carbonyl (C=O) groups excluding carboxylic acids is 2. The number of esters is 2. The first kappa shape index (κ1) is 23.2. The first-order valence-electron chi connectivity index (χ1n) is 10.4. The van der Waals surface area contributed by atoms with Crippen molar-refractivity contribution in [3.8, 4) is 11.5 Å². The summed E-state index contributed by atoms with van der Waals surface area (Å²) in [5.74, 6) is -0.267. The van der Waals surface area contributed by atoms with Crippen LogP contribution in [0.3, 0.4) is 0 Å². The summed E-state index contributed by atoms with van der Waals surface area (Å²) in [5.41, 5.74) is 0.693. The number of benzene rings is 2. The van der Waals surface area contributed by atoms with Gasteiger partial charge in [-0.3, -0.25) is 0 Å². The molecule has 0 radical (unpaired) electrons. The SMILES string of the molecule is CCOc1cc(/C=C2/N=C(c3ccco3)OC2=O)ccc1OC(=O)c1sc2cc(Cl)ccc2c1Cl. The van der Waals surface area contributed by atoms with Crippen molar-refractivity contribution in [1.29, 1.82) is 0 Å². The third kappa shape index (κ3) is 4.68. The fraction of sp³-hybridized carbons (Fsp3) is 0.0800. The van der Waals surface area contributed by atoms with Gasteiger partial charge in [0.2, 0.25) is 0 Å². The summed E-state index contributed by atoms with van der Waals surface area (Å²) in [7, 11) is 0. The van der Waals surface area contributed by atoms with Crippen LogP contribution in [0.5, 0.6) is 11.5 Å². The number of halogens is 2. The van der Waals surface area contributed by atoms with E-state index in [1.807, 2.05) is 0 Å². The monoisotopic (exact) mass is 527 g/mol. The van der Waals surface area contributed by atoms with Gasteiger partial charge in [-0.1, -0.05) is 35.3 Å². The predicted molar refractivity (Wildman–Crippen MR) is 134 cm³/mol. The zero-order valence-corrected chi connectivity index (χ0v) is 20.4. The fourth-order valence-electron chi connectivity index (χ4n) is 3.36. The minimum Gasteiger partial charge on any atom is -0.490 e. The molecule has 0 saturated heterocycles. The Labute approximate surface area is 213 Å². The number of furan rings is 1. The first-order valence-corrected chi connectivity index (χ1v) is 11.9. The van der Waals surface area contributed by atoms with E-state index < -0.39 is 11.9 Å². The summed E-state index contributed by atoms with van der Waals surface area (Å²) in [4.78, 5) is 29.6. The van der Waals surface area contributed by atoms with Gasteiger partial charge in [0, 0.05) is 15.1 Å². The molecule has 1 aliphatic heterocycles. The zero-order chi connectivity index (χ0) is 24.5. The van der Waals surface area contributed by atoms with E-state index in [2.05, 4.69) is 4.99 Å². The van der Waals surface area contributed by atoms with E-state index in [1.165, 1.54) is 17.6 Å². The van der Waals surface area contributed by atoms with Gasteiger partial charge < -0.3 is 18.6 Å². The van der Waals surface area contributed by atoms with Gasteiger partial charge in [0.05, 0.1) is 17.9 Å². The molecule has 0 spiro atoms. The summed E-state index contributed by atoms with van der Waals surface area (Å²) < 4.78 is 22.4. The maximum absolute atomic E-state index is 12.9. The van der Waals surface area contributed by atoms with Crippen LogP contribution in [0.1, 0.15) is 27.9 Å². The van der Waals surface area contributed by atoms with Gasteiger partial charge in [0.1, 0.15) is 4.88 Å². The van der Waals surface area contributed by atoms with Crippen LogP contribution in [0.25, 0.3) is 16.2 Å². The molecule has 0 bridgehead atoms. The summed E-state index contributed by atoms with van der Waals surface area (Å²) in [6.45, 7) is 2.13. The van der Waals surface area contributed by atoms with Crippen molar-refractivity contribution in [2.45, 2.75) is 6.92 Å². The molecule has 7 nitrogen and oxygen atoms in total. The summed E-state index contributed by atoms with van der Waals surface area (Å²) in [6.07, 6.45) is 3.00. The van der Waals surface area contributed by atoms with Gasteiger partial charge in [-0.25, -0.2) is 14.6 Å². The second-order valence-electron chi connectivity index (χ2n) is 7.23. The molecule has 0 unspecified atom stereocenters. The Morgan fingerprint density at radius 3 is 2.77 bits per heavy atom. The molecule has 2 aromatic heterocycles. The van der Waals surface area contributed by atoms with Crippen molar-refractivity contribution in [2.75, 3.05) is 6.61 Å². The number of aliphatic imine (C=N–C) groups is 1. The van der Waals surface area contributed by atoms with Crippen LogP contribution in [-0.2, 0) is 9.53 Å². The molecule has 176 valence electrons. The minimum absolute atomic E-state index is 0.0864. The van der Waals surface area contributed by atoms with Crippen LogP contribution < -0.4 is 9.47 Å². The van der Waals surface area contributed by atoms with Gasteiger partial charge in [-0.15, -0.1) is 11.3 Å². The molecular weight excluding hydrogens is 513 g/mol. The Morgan fingerprint density at radius 2 is 2.00 bits per heavy atom. The number of rotatable bonds is 6. The zero-order valence-electron chi connectivity index (χ0n) is 18.0. The summed E-state index contributed by atoms with van der Waals surface area (Å²) in [6, 6.07) is 13.4. The van der Waals surface area contributed by atoms with E-state index in [4.69, 9.17) is 41.8 Å². The van der Waals surface area contributed by atoms with E-state index in [1.54, 1.807) is 61.5 Å². The van der Waals surface area contributed by atoms with E-state index in [0.717, 1.165) is 10.1 Å². The molecule has 3 heterocycles. The third-order valence-electron chi connectivity index (χ3n) is 4.90. The smallest absolute Gasteiger partial charge is 0.363 e. The highest BCUT2D eigenvalue weighted by Crippen LogP contribution is 2.38. The number of hydrogen-bond donors (Lipinski definition) is 0. The quantitative estimate of drug-likeness (QED) is 0.156. The topological polar surface area (TPSA) is 87.3 Å². The normalized spacial score (nSPS) is 14.3. The highest BCUT2D eigenvalue weighted by molar-refractivity contribution is 7.21. The lowest BCUT2D eigenvalue weighted by Gasteiger charge is -2.11. The number of hydrogen-bond acceptors (Lipinski definition) is 8. The number of cyclic esters (lactones) is 1. The highest BCUT2D eigenvalue weighted by Gasteiger charge is 2.26. The van der Waals surface area contributed by atoms with E-state index in [9.17, 15) is 9.59 Å². The Kier molecular flexibility index (Phi) is 6.34. The number of fused-ring (bicyclic) bond motifs is 1. The van der Waals surface area contributed by atoms with Crippen LogP contribution in [0.15, 0.2) is 69.9 Å². The Balaban J connectivity index is 1.42.